The second-order valence-electron chi connectivity index (χ2n) is 12.7. The molecule has 1 saturated carbocycles. The van der Waals surface area contributed by atoms with Gasteiger partial charge in [-0.2, -0.15) is 0 Å². The third-order valence-corrected chi connectivity index (χ3v) is 10.4. The molecule has 6 atom stereocenters. The first kappa shape index (κ1) is 27.3. The minimum Gasteiger partial charge on any atom is -0.511 e. The molecule has 0 aromatic heterocycles. The highest BCUT2D eigenvalue weighted by molar-refractivity contribution is 6.25. The minimum atomic E-state index is -2.77. The Morgan fingerprint density at radius 1 is 1.08 bits per heavy atom. The van der Waals surface area contributed by atoms with Gasteiger partial charge in [0.25, 0.3) is 0 Å². The number of carbonyl (C=O) groups excluding carboxylic acids is 4. The molecule has 0 heterocycles. The molecule has 0 amide bonds. The van der Waals surface area contributed by atoms with Crippen molar-refractivity contribution in [3.63, 3.8) is 0 Å². The number of aliphatic hydroxyl groups is 3. The molecule has 4 aliphatic rings. The van der Waals surface area contributed by atoms with Gasteiger partial charge in [0, 0.05) is 34.7 Å². The molecule has 8 nitrogen and oxygen atoms in total. The predicted molar refractivity (Wildman–Crippen MR) is 141 cm³/mol. The van der Waals surface area contributed by atoms with Crippen molar-refractivity contribution in [2.24, 2.45) is 34.5 Å². The molecule has 0 radical (unpaired) electrons. The summed E-state index contributed by atoms with van der Waals surface area (Å²) in [6.45, 7) is 9.84. The van der Waals surface area contributed by atoms with Gasteiger partial charge in [-0.15, -0.1) is 0 Å². The average molecular weight is 537 g/mol. The predicted octanol–water partition coefficient (Wildman–Crippen LogP) is 4.50. The van der Waals surface area contributed by atoms with Gasteiger partial charge >= 0.3 is 0 Å². The molecule has 1 aromatic rings. The number of phenols is 1. The van der Waals surface area contributed by atoms with Crippen molar-refractivity contribution in [1.29, 1.82) is 0 Å². The van der Waals surface area contributed by atoms with Gasteiger partial charge in [-0.1, -0.05) is 46.8 Å². The zero-order valence-electron chi connectivity index (χ0n) is 23.2. The van der Waals surface area contributed by atoms with E-state index in [0.29, 0.717) is 5.56 Å². The summed E-state index contributed by atoms with van der Waals surface area (Å²) in [4.78, 5) is 54.3. The van der Waals surface area contributed by atoms with Crippen LogP contribution in [0.5, 0.6) is 5.75 Å². The monoisotopic (exact) mass is 536 g/mol. The SMILES string of the molecule is CC(=O)C1=C(O)C(C(C)C)[C@@]2(C)[C@H](CC(=O)C3CC3)[C@]3(C)C(=C(O)[C@@]2(O)C1=O)C(=O)c1c(O)cccc1[C@H]3C. The van der Waals surface area contributed by atoms with E-state index < -0.39 is 74.5 Å². The standard InChI is InChI=1S/C31H36O8/c1-13(2)23-25(35)21(15(4)32)27(37)31(39)28(38)24-26(36)22-17(8-7-9-18(22)33)14(3)29(24,5)20(30(23,31)6)12-19(34)16-10-11-16/h7-9,13-14,16,20,23,33,35,38-39H,10-12H2,1-6H3/t14-,20-,23?,29-,30-,31+/m1/s1. The highest BCUT2D eigenvalue weighted by atomic mass is 16.3. The smallest absolute Gasteiger partial charge is 0.209 e. The van der Waals surface area contributed by atoms with Crippen LogP contribution < -0.4 is 0 Å². The van der Waals surface area contributed by atoms with Crippen LogP contribution in [0.3, 0.4) is 0 Å². The number of aromatic hydroxyl groups is 1. The molecule has 0 aliphatic heterocycles. The molecule has 0 saturated heterocycles. The lowest BCUT2D eigenvalue weighted by Crippen LogP contribution is -2.71. The number of aliphatic hydroxyl groups excluding tert-OH is 2. The molecule has 1 fully saturated rings. The van der Waals surface area contributed by atoms with Crippen molar-refractivity contribution in [2.45, 2.75) is 72.3 Å². The van der Waals surface area contributed by atoms with Crippen LogP contribution in [0.1, 0.15) is 82.6 Å². The fourth-order valence-corrected chi connectivity index (χ4v) is 8.30. The quantitative estimate of drug-likeness (QED) is 0.402. The first-order valence-electron chi connectivity index (χ1n) is 13.6. The van der Waals surface area contributed by atoms with E-state index in [9.17, 15) is 39.6 Å². The molecule has 4 N–H and O–H groups in total. The lowest BCUT2D eigenvalue weighted by atomic mass is 9.38. The molecular weight excluding hydrogens is 500 g/mol. The first-order valence-corrected chi connectivity index (χ1v) is 13.6. The number of phenolic OH excluding ortho intramolecular Hbond substituents is 1. The molecule has 208 valence electrons. The fourth-order valence-electron chi connectivity index (χ4n) is 8.30. The average Bonchev–Trinajstić information content (AvgIpc) is 3.68. The van der Waals surface area contributed by atoms with Crippen LogP contribution in [-0.2, 0) is 14.4 Å². The van der Waals surface area contributed by atoms with Crippen LogP contribution in [0, 0.1) is 34.5 Å². The lowest BCUT2D eigenvalue weighted by Gasteiger charge is -2.65. The van der Waals surface area contributed by atoms with Crippen LogP contribution in [0.15, 0.2) is 40.9 Å². The number of Topliss-reactive ketones (excluding diaryl/α,β-unsaturated/α-hetero) is 4. The summed E-state index contributed by atoms with van der Waals surface area (Å²) in [5.74, 6) is -7.42. The Morgan fingerprint density at radius 2 is 1.69 bits per heavy atom. The van der Waals surface area contributed by atoms with E-state index in [2.05, 4.69) is 0 Å². The molecule has 1 aromatic carbocycles. The summed E-state index contributed by atoms with van der Waals surface area (Å²) in [6, 6.07) is 4.70. The maximum atomic E-state index is 14.1. The Kier molecular flexibility index (Phi) is 5.86. The number of rotatable bonds is 5. The Morgan fingerprint density at radius 3 is 2.23 bits per heavy atom. The zero-order valence-corrected chi connectivity index (χ0v) is 23.2. The summed E-state index contributed by atoms with van der Waals surface area (Å²) in [6.07, 6.45) is 1.37. The maximum absolute atomic E-state index is 14.1. The Balaban J connectivity index is 1.93. The van der Waals surface area contributed by atoms with Gasteiger partial charge in [0.15, 0.2) is 17.2 Å². The molecule has 8 heteroatoms. The number of hydrogen-bond acceptors (Lipinski definition) is 8. The van der Waals surface area contributed by atoms with Gasteiger partial charge in [0.05, 0.1) is 5.56 Å². The molecule has 1 unspecified atom stereocenters. The normalized spacial score (nSPS) is 36.1. The van der Waals surface area contributed by atoms with Gasteiger partial charge in [0.1, 0.15) is 28.6 Å². The third-order valence-electron chi connectivity index (χ3n) is 10.4. The number of ketones is 4. The van der Waals surface area contributed by atoms with E-state index in [-0.39, 0.29) is 35.0 Å². The van der Waals surface area contributed by atoms with Crippen LogP contribution >= 0.6 is 0 Å². The molecular formula is C31H36O8. The summed E-state index contributed by atoms with van der Waals surface area (Å²) < 4.78 is 0. The van der Waals surface area contributed by atoms with Crippen molar-refractivity contribution in [2.75, 3.05) is 0 Å². The van der Waals surface area contributed by atoms with Crippen LogP contribution in [-0.4, -0.2) is 49.2 Å². The fraction of sp³-hybridized carbons (Fsp3) is 0.548. The first-order chi connectivity index (χ1) is 18.1. The van der Waals surface area contributed by atoms with E-state index in [1.165, 1.54) is 6.07 Å². The van der Waals surface area contributed by atoms with Gasteiger partial charge < -0.3 is 20.4 Å². The van der Waals surface area contributed by atoms with E-state index in [1.807, 2.05) is 6.92 Å². The second kappa shape index (κ2) is 8.37. The number of hydrogen-bond donors (Lipinski definition) is 4. The van der Waals surface area contributed by atoms with Gasteiger partial charge in [-0.25, -0.2) is 0 Å². The van der Waals surface area contributed by atoms with Crippen molar-refractivity contribution in [1.82, 2.24) is 0 Å². The maximum Gasteiger partial charge on any atom is 0.209 e. The summed E-state index contributed by atoms with van der Waals surface area (Å²) in [5.41, 5.74) is -6.06. The molecule has 0 spiro atoms. The van der Waals surface area contributed by atoms with Gasteiger partial charge in [-0.05, 0) is 49.1 Å². The molecule has 5 rings (SSSR count). The largest absolute Gasteiger partial charge is 0.511 e. The number of allylic oxidation sites excluding steroid dienone is 2. The number of fused-ring (bicyclic) bond motifs is 3. The van der Waals surface area contributed by atoms with E-state index in [1.54, 1.807) is 39.8 Å². The molecule has 39 heavy (non-hydrogen) atoms. The van der Waals surface area contributed by atoms with Gasteiger partial charge in [0.2, 0.25) is 5.78 Å². The van der Waals surface area contributed by atoms with Crippen LogP contribution in [0.4, 0.5) is 0 Å². The third kappa shape index (κ3) is 3.15. The Bertz CT molecular complexity index is 1410. The minimum absolute atomic E-state index is 0.0302. The zero-order chi connectivity index (χ0) is 29.0. The van der Waals surface area contributed by atoms with Crippen LogP contribution in [0.2, 0.25) is 0 Å². The van der Waals surface area contributed by atoms with E-state index >= 15 is 0 Å². The van der Waals surface area contributed by atoms with E-state index in [4.69, 9.17) is 0 Å². The molecule has 4 aliphatic carbocycles. The summed E-state index contributed by atoms with van der Waals surface area (Å²) in [5, 5.41) is 46.5. The highest BCUT2D eigenvalue weighted by Gasteiger charge is 2.75. The molecule has 0 bridgehead atoms. The van der Waals surface area contributed by atoms with Crippen molar-refractivity contribution >= 4 is 23.1 Å². The van der Waals surface area contributed by atoms with Gasteiger partial charge in [-0.3, -0.25) is 19.2 Å². The number of benzene rings is 1. The summed E-state index contributed by atoms with van der Waals surface area (Å²) >= 11 is 0. The van der Waals surface area contributed by atoms with Crippen LogP contribution in [0.25, 0.3) is 0 Å². The number of carbonyl (C=O) groups is 4. The Labute approximate surface area is 227 Å². The summed E-state index contributed by atoms with van der Waals surface area (Å²) in [7, 11) is 0. The second-order valence-corrected chi connectivity index (χ2v) is 12.7. The topological polar surface area (TPSA) is 149 Å². The highest BCUT2D eigenvalue weighted by Crippen LogP contribution is 2.71. The van der Waals surface area contributed by atoms with Crippen molar-refractivity contribution < 1.29 is 39.6 Å². The van der Waals surface area contributed by atoms with E-state index in [0.717, 1.165) is 19.8 Å². The van der Waals surface area contributed by atoms with Crippen molar-refractivity contribution in [3.05, 3.63) is 52.0 Å². The van der Waals surface area contributed by atoms with Crippen molar-refractivity contribution in [3.8, 4) is 5.75 Å². The Hall–Kier alpha value is -3.26. The lowest BCUT2D eigenvalue weighted by molar-refractivity contribution is -0.194.